The minimum atomic E-state index is -1.29. The van der Waals surface area contributed by atoms with Gasteiger partial charge in [-0.1, -0.05) is 30.3 Å². The van der Waals surface area contributed by atoms with Crippen LogP contribution in [0, 0.1) is 5.41 Å². The zero-order chi connectivity index (χ0) is 17.0. The van der Waals surface area contributed by atoms with Gasteiger partial charge in [-0.15, -0.1) is 0 Å². The van der Waals surface area contributed by atoms with Crippen LogP contribution in [0.5, 0.6) is 0 Å². The minimum absolute atomic E-state index is 0.303. The van der Waals surface area contributed by atoms with Crippen LogP contribution >= 0.6 is 0 Å². The number of esters is 1. The van der Waals surface area contributed by atoms with Crippen molar-refractivity contribution < 1.29 is 13.7 Å². The summed E-state index contributed by atoms with van der Waals surface area (Å²) in [5.74, 6) is -0.303. The molecule has 0 aliphatic heterocycles. The Morgan fingerprint density at radius 1 is 1.18 bits per heavy atom. The Hall–Kier alpha value is -1.20. The predicted octanol–water partition coefficient (Wildman–Crippen LogP) is 3.37. The molecule has 124 valence electrons. The normalized spacial score (nSPS) is 15.2. The summed E-state index contributed by atoms with van der Waals surface area (Å²) in [6, 6.07) is 9.19. The number of hydrogen-bond donors (Lipinski definition) is 1. The standard InChI is InChI=1S/C17H27NO3S/c1-7-21-15(19)17(5,6)14(13-11-9-8-10-12-13)18-22(20)16(2,3)4/h8-12,14,18H,7H2,1-6H3/t14-,22+/m0/s1. The van der Waals surface area contributed by atoms with Crippen LogP contribution in [0.15, 0.2) is 30.3 Å². The van der Waals surface area contributed by atoms with Gasteiger partial charge in [-0.2, -0.15) is 0 Å². The first-order valence-electron chi connectivity index (χ1n) is 7.51. The average molecular weight is 325 g/mol. The van der Waals surface area contributed by atoms with Gasteiger partial charge in [0, 0.05) is 0 Å². The van der Waals surface area contributed by atoms with Crippen LogP contribution in [-0.4, -0.2) is 21.5 Å². The van der Waals surface area contributed by atoms with Crippen molar-refractivity contribution in [3.05, 3.63) is 35.9 Å². The summed E-state index contributed by atoms with van der Waals surface area (Å²) >= 11 is 0. The number of hydrogen-bond acceptors (Lipinski definition) is 3. The Morgan fingerprint density at radius 2 is 1.73 bits per heavy atom. The molecule has 0 saturated heterocycles. The first kappa shape index (κ1) is 18.8. The lowest BCUT2D eigenvalue weighted by molar-refractivity contribution is -0.155. The fourth-order valence-electron chi connectivity index (χ4n) is 2.00. The number of carbonyl (C=O) groups excluding carboxylic acids is 1. The van der Waals surface area contributed by atoms with Gasteiger partial charge in [0.05, 0.1) is 33.8 Å². The molecule has 0 aliphatic rings. The van der Waals surface area contributed by atoms with Gasteiger partial charge in [-0.25, -0.2) is 8.93 Å². The molecule has 0 bridgehead atoms. The van der Waals surface area contributed by atoms with Gasteiger partial charge in [0.2, 0.25) is 0 Å². The highest BCUT2D eigenvalue weighted by Gasteiger charge is 2.41. The Morgan fingerprint density at radius 3 is 2.18 bits per heavy atom. The molecule has 0 aromatic heterocycles. The first-order chi connectivity index (χ1) is 10.1. The molecular formula is C17H27NO3S. The quantitative estimate of drug-likeness (QED) is 0.816. The SMILES string of the molecule is CCOC(=O)C(C)(C)[C@@H](N[S@](=O)C(C)(C)C)c1ccccc1. The van der Waals surface area contributed by atoms with E-state index in [-0.39, 0.29) is 5.97 Å². The fraction of sp³-hybridized carbons (Fsp3) is 0.588. The van der Waals surface area contributed by atoms with Crippen LogP contribution in [0.3, 0.4) is 0 Å². The summed E-state index contributed by atoms with van der Waals surface area (Å²) in [7, 11) is -1.29. The number of carbonyl (C=O) groups is 1. The van der Waals surface area contributed by atoms with Crippen molar-refractivity contribution >= 4 is 17.0 Å². The van der Waals surface area contributed by atoms with E-state index >= 15 is 0 Å². The molecule has 22 heavy (non-hydrogen) atoms. The van der Waals surface area contributed by atoms with Gasteiger partial charge >= 0.3 is 5.97 Å². The summed E-state index contributed by atoms with van der Waals surface area (Å²) < 4.78 is 20.4. The second kappa shape index (κ2) is 7.38. The van der Waals surface area contributed by atoms with Gasteiger partial charge in [0.15, 0.2) is 0 Å². The van der Waals surface area contributed by atoms with Gasteiger partial charge in [0.25, 0.3) is 0 Å². The summed E-state index contributed by atoms with van der Waals surface area (Å²) in [4.78, 5) is 12.3. The third-order valence-electron chi connectivity index (χ3n) is 3.44. The number of nitrogens with one attached hydrogen (secondary N) is 1. The molecule has 0 radical (unpaired) electrons. The van der Waals surface area contributed by atoms with Crippen LogP contribution in [0.1, 0.15) is 53.1 Å². The van der Waals surface area contributed by atoms with E-state index in [0.29, 0.717) is 6.61 Å². The van der Waals surface area contributed by atoms with E-state index in [1.807, 2.05) is 65.0 Å². The third kappa shape index (κ3) is 4.65. The van der Waals surface area contributed by atoms with E-state index in [1.54, 1.807) is 6.92 Å². The van der Waals surface area contributed by atoms with Crippen molar-refractivity contribution in [2.75, 3.05) is 6.61 Å². The van der Waals surface area contributed by atoms with E-state index in [0.717, 1.165) is 5.56 Å². The van der Waals surface area contributed by atoms with Crippen molar-refractivity contribution in [2.24, 2.45) is 5.41 Å². The van der Waals surface area contributed by atoms with E-state index in [4.69, 9.17) is 4.74 Å². The highest BCUT2D eigenvalue weighted by Crippen LogP contribution is 2.35. The molecule has 1 aromatic carbocycles. The largest absolute Gasteiger partial charge is 0.466 e. The molecule has 1 N–H and O–H groups in total. The third-order valence-corrected chi connectivity index (χ3v) is 5.00. The fourth-order valence-corrected chi connectivity index (χ4v) is 2.99. The average Bonchev–Trinajstić information content (AvgIpc) is 2.44. The molecule has 0 fully saturated rings. The molecular weight excluding hydrogens is 298 g/mol. The van der Waals surface area contributed by atoms with Gasteiger partial charge in [-0.3, -0.25) is 4.79 Å². The molecule has 0 heterocycles. The lowest BCUT2D eigenvalue weighted by atomic mass is 9.81. The summed E-state index contributed by atoms with van der Waals surface area (Å²) in [6.07, 6.45) is 0. The Labute approximate surface area is 136 Å². The van der Waals surface area contributed by atoms with Crippen molar-refractivity contribution in [1.82, 2.24) is 4.72 Å². The van der Waals surface area contributed by atoms with Crippen LogP contribution in [0.2, 0.25) is 0 Å². The van der Waals surface area contributed by atoms with E-state index < -0.39 is 27.2 Å². The number of rotatable bonds is 6. The van der Waals surface area contributed by atoms with Gasteiger partial charge in [-0.05, 0) is 47.1 Å². The highest BCUT2D eigenvalue weighted by atomic mass is 32.2. The maximum atomic E-state index is 12.5. The maximum absolute atomic E-state index is 12.5. The Kier molecular flexibility index (Phi) is 6.32. The number of ether oxygens (including phenoxy) is 1. The van der Waals surface area contributed by atoms with Crippen molar-refractivity contribution in [1.29, 1.82) is 0 Å². The molecule has 4 nitrogen and oxygen atoms in total. The topological polar surface area (TPSA) is 55.4 Å². The molecule has 0 amide bonds. The van der Waals surface area contributed by atoms with Crippen LogP contribution < -0.4 is 4.72 Å². The molecule has 0 unspecified atom stereocenters. The summed E-state index contributed by atoms with van der Waals surface area (Å²) in [6.45, 7) is 11.4. The zero-order valence-electron chi connectivity index (χ0n) is 14.3. The molecule has 1 rings (SSSR count). The van der Waals surface area contributed by atoms with Crippen LogP contribution in [0.4, 0.5) is 0 Å². The smallest absolute Gasteiger partial charge is 0.313 e. The van der Waals surface area contributed by atoms with Crippen LogP contribution in [0.25, 0.3) is 0 Å². The molecule has 0 aliphatic carbocycles. The van der Waals surface area contributed by atoms with E-state index in [2.05, 4.69) is 4.72 Å². The predicted molar refractivity (Wildman–Crippen MR) is 90.6 cm³/mol. The highest BCUT2D eigenvalue weighted by molar-refractivity contribution is 7.84. The molecule has 2 atom stereocenters. The monoisotopic (exact) mass is 325 g/mol. The molecule has 0 spiro atoms. The molecule has 5 heteroatoms. The van der Waals surface area contributed by atoms with Gasteiger partial charge in [0.1, 0.15) is 0 Å². The summed E-state index contributed by atoms with van der Waals surface area (Å²) in [5.41, 5.74) is 0.0799. The second-order valence-corrected chi connectivity index (χ2v) is 8.78. The van der Waals surface area contributed by atoms with Crippen LogP contribution in [-0.2, 0) is 20.5 Å². The summed E-state index contributed by atoms with van der Waals surface area (Å²) in [5, 5.41) is 0. The maximum Gasteiger partial charge on any atom is 0.313 e. The first-order valence-corrected chi connectivity index (χ1v) is 8.66. The van der Waals surface area contributed by atoms with E-state index in [1.165, 1.54) is 0 Å². The van der Waals surface area contributed by atoms with E-state index in [9.17, 15) is 9.00 Å². The van der Waals surface area contributed by atoms with Gasteiger partial charge < -0.3 is 4.74 Å². The molecule has 1 aromatic rings. The zero-order valence-corrected chi connectivity index (χ0v) is 15.1. The second-order valence-electron chi connectivity index (χ2n) is 6.78. The number of benzene rings is 1. The lowest BCUT2D eigenvalue weighted by Crippen LogP contribution is -2.45. The van der Waals surface area contributed by atoms with Crippen molar-refractivity contribution in [3.8, 4) is 0 Å². The lowest BCUT2D eigenvalue weighted by Gasteiger charge is -2.34. The van der Waals surface area contributed by atoms with Crippen molar-refractivity contribution in [3.63, 3.8) is 0 Å². The Balaban J connectivity index is 3.18. The Bertz CT molecular complexity index is 520. The minimum Gasteiger partial charge on any atom is -0.466 e. The van der Waals surface area contributed by atoms with Crippen molar-refractivity contribution in [2.45, 2.75) is 52.3 Å². The molecule has 0 saturated carbocycles.